The summed E-state index contributed by atoms with van der Waals surface area (Å²) in [5.41, 5.74) is 8.46. The van der Waals surface area contributed by atoms with Gasteiger partial charge in [-0.05, 0) is 85.4 Å². The molecule has 3 aliphatic heterocycles. The van der Waals surface area contributed by atoms with Gasteiger partial charge in [0.1, 0.15) is 22.8 Å². The maximum atomic E-state index is 16.1. The second-order valence-electron chi connectivity index (χ2n) is 14.4. The van der Waals surface area contributed by atoms with Crippen LogP contribution in [0.2, 0.25) is 0 Å². The minimum absolute atomic E-state index is 0.0123. The molecule has 2 unspecified atom stereocenters. The van der Waals surface area contributed by atoms with Gasteiger partial charge in [0.05, 0.1) is 31.3 Å². The number of terminal acetylenes is 1. The maximum absolute atomic E-state index is 16.1. The summed E-state index contributed by atoms with van der Waals surface area (Å²) in [6.07, 6.45) is 16.5. The summed E-state index contributed by atoms with van der Waals surface area (Å²) < 4.78 is 41.6. The smallest absolute Gasteiger partial charge is 0.318 e. The van der Waals surface area contributed by atoms with Crippen LogP contribution >= 0.6 is 0 Å². The van der Waals surface area contributed by atoms with Gasteiger partial charge >= 0.3 is 6.01 Å². The molecule has 2 N–H and O–H groups in total. The van der Waals surface area contributed by atoms with Crippen LogP contribution in [0, 0.1) is 40.7 Å². The Morgan fingerprint density at radius 2 is 1.94 bits per heavy atom. The molecule has 3 saturated heterocycles. The van der Waals surface area contributed by atoms with Gasteiger partial charge in [0, 0.05) is 48.5 Å². The average molecular weight is 639 g/mol. The molecule has 5 aliphatic rings. The fraction of sp³-hybridized carbons (Fsp3) is 0.486. The van der Waals surface area contributed by atoms with E-state index in [2.05, 4.69) is 32.7 Å². The van der Waals surface area contributed by atoms with Crippen molar-refractivity contribution in [1.82, 2.24) is 19.9 Å². The largest absolute Gasteiger partial charge is 0.467 e. The average Bonchev–Trinajstić information content (AvgIpc) is 3.96. The van der Waals surface area contributed by atoms with E-state index in [-0.39, 0.29) is 34.3 Å². The first-order chi connectivity index (χ1) is 22.7. The van der Waals surface area contributed by atoms with Gasteiger partial charge in [-0.25, -0.2) is 8.78 Å². The molecular formula is C37H40F2N6O2. The summed E-state index contributed by atoms with van der Waals surface area (Å²) in [6.45, 7) is 7.37. The number of nitrogens with zero attached hydrogens (tertiary/aromatic N) is 5. The van der Waals surface area contributed by atoms with Crippen LogP contribution in [0.5, 0.6) is 6.01 Å². The highest BCUT2D eigenvalue weighted by Gasteiger charge is 2.63. The third-order valence-electron chi connectivity index (χ3n) is 11.1. The number of halogens is 2. The van der Waals surface area contributed by atoms with Gasteiger partial charge < -0.3 is 20.1 Å². The Kier molecular flexibility index (Phi) is 7.26. The van der Waals surface area contributed by atoms with E-state index in [0.29, 0.717) is 54.0 Å². The summed E-state index contributed by atoms with van der Waals surface area (Å²) in [5, 5.41) is 1.36. The van der Waals surface area contributed by atoms with Crippen LogP contribution in [0.25, 0.3) is 32.9 Å². The summed E-state index contributed by atoms with van der Waals surface area (Å²) >= 11 is 0. The second kappa shape index (κ2) is 11.3. The van der Waals surface area contributed by atoms with E-state index in [1.807, 2.05) is 4.90 Å². The lowest BCUT2D eigenvalue weighted by Crippen LogP contribution is -2.30. The Morgan fingerprint density at radius 3 is 2.68 bits per heavy atom. The van der Waals surface area contributed by atoms with Crippen molar-refractivity contribution < 1.29 is 18.3 Å². The number of ether oxygens (including phenoxy) is 2. The van der Waals surface area contributed by atoms with Gasteiger partial charge in [0.15, 0.2) is 5.82 Å². The molecule has 9 rings (SSSR count). The van der Waals surface area contributed by atoms with Gasteiger partial charge in [0.25, 0.3) is 0 Å². The highest BCUT2D eigenvalue weighted by atomic mass is 19.1. The predicted octanol–water partition coefficient (Wildman–Crippen LogP) is 6.19. The van der Waals surface area contributed by atoms with Crippen molar-refractivity contribution in [3.63, 3.8) is 0 Å². The van der Waals surface area contributed by atoms with Crippen molar-refractivity contribution in [3.05, 3.63) is 47.7 Å². The van der Waals surface area contributed by atoms with Crippen molar-refractivity contribution in [2.45, 2.75) is 51.5 Å². The van der Waals surface area contributed by atoms with Gasteiger partial charge in [-0.3, -0.25) is 9.88 Å². The lowest BCUT2D eigenvalue weighted by molar-refractivity contribution is 0.129. The highest BCUT2D eigenvalue weighted by Crippen LogP contribution is 2.66. The number of benzene rings is 2. The molecule has 8 nitrogen and oxygen atoms in total. The van der Waals surface area contributed by atoms with Crippen molar-refractivity contribution >= 4 is 33.2 Å². The summed E-state index contributed by atoms with van der Waals surface area (Å²) in [7, 11) is 1.42. The molecule has 2 aromatic carbocycles. The fourth-order valence-corrected chi connectivity index (χ4v) is 8.30. The van der Waals surface area contributed by atoms with E-state index < -0.39 is 11.6 Å². The van der Waals surface area contributed by atoms with Crippen LogP contribution in [0.1, 0.15) is 51.0 Å². The van der Waals surface area contributed by atoms with E-state index in [1.54, 1.807) is 44.2 Å². The van der Waals surface area contributed by atoms with Crippen molar-refractivity contribution in [1.29, 1.82) is 0 Å². The standard InChI is InChI=1S/C26H23F2N5O2.C11H17N/c1-4-17-20(27)6-5-15-9-16(29)10-18(21(15)17)23-22(28)24-19(11-30-23)25(32-26(31-24)34-3)33-7-8-35-13-14(2)12-33;1-2-10(1)7-9-11(3-4-11)5-6-12(9)8-10/h1,5-6,9-11,14H,7-8,12-13,29H2,2-3H3;9H,1-8H2. The van der Waals surface area contributed by atoms with Crippen LogP contribution in [0.3, 0.4) is 0 Å². The molecule has 5 fully saturated rings. The molecule has 0 amide bonds. The first-order valence-corrected chi connectivity index (χ1v) is 16.7. The Hall–Kier alpha value is -4.07. The molecule has 47 heavy (non-hydrogen) atoms. The molecule has 2 aromatic heterocycles. The maximum Gasteiger partial charge on any atom is 0.318 e. The Morgan fingerprint density at radius 1 is 1.11 bits per heavy atom. The van der Waals surface area contributed by atoms with Crippen molar-refractivity contribution in [3.8, 4) is 29.6 Å². The zero-order chi connectivity index (χ0) is 32.5. The third-order valence-corrected chi connectivity index (χ3v) is 11.1. The predicted molar refractivity (Wildman–Crippen MR) is 179 cm³/mol. The van der Waals surface area contributed by atoms with Crippen LogP contribution in [-0.2, 0) is 4.74 Å². The zero-order valence-electron chi connectivity index (χ0n) is 27.0. The molecule has 2 atom stereocenters. The SMILES string of the molecule is C#Cc1c(F)ccc2cc(N)cc(-c3ncc4c(N5CCOCC(C)C5)nc(OC)nc4c3F)c12.C1CC2(CC2)C2CC3(CC3)CN12. The first-order valence-electron chi connectivity index (χ1n) is 16.7. The van der Waals surface area contributed by atoms with Crippen LogP contribution in [0.15, 0.2) is 30.5 Å². The minimum Gasteiger partial charge on any atom is -0.467 e. The lowest BCUT2D eigenvalue weighted by atomic mass is 9.90. The number of methoxy groups -OCH3 is 1. The molecule has 0 radical (unpaired) electrons. The van der Waals surface area contributed by atoms with Crippen LogP contribution in [0.4, 0.5) is 20.3 Å². The molecule has 2 saturated carbocycles. The monoisotopic (exact) mass is 638 g/mol. The summed E-state index contributed by atoms with van der Waals surface area (Å²) in [6, 6.07) is 7.07. The van der Waals surface area contributed by atoms with Crippen molar-refractivity contribution in [2.75, 3.05) is 57.1 Å². The Balaban J connectivity index is 0.000000221. The number of anilines is 2. The van der Waals surface area contributed by atoms with Gasteiger partial charge in [-0.2, -0.15) is 9.97 Å². The normalized spacial score (nSPS) is 23.8. The number of nitrogen functional groups attached to an aromatic ring is 1. The van der Waals surface area contributed by atoms with E-state index in [0.717, 1.165) is 16.9 Å². The number of rotatable bonds is 3. The van der Waals surface area contributed by atoms with E-state index in [4.69, 9.17) is 21.6 Å². The molecule has 5 heterocycles. The van der Waals surface area contributed by atoms with Gasteiger partial charge in [-0.15, -0.1) is 6.42 Å². The highest BCUT2D eigenvalue weighted by molar-refractivity contribution is 6.03. The molecule has 0 bridgehead atoms. The number of aromatic nitrogens is 3. The summed E-state index contributed by atoms with van der Waals surface area (Å²) in [4.78, 5) is 18.1. The number of nitrogens with two attached hydrogens (primary N) is 1. The van der Waals surface area contributed by atoms with E-state index in [9.17, 15) is 4.39 Å². The summed E-state index contributed by atoms with van der Waals surface area (Å²) in [5.74, 6) is 1.84. The number of pyridine rings is 1. The number of hydrogen-bond donors (Lipinski definition) is 1. The molecule has 244 valence electrons. The van der Waals surface area contributed by atoms with Crippen molar-refractivity contribution in [2.24, 2.45) is 16.7 Å². The molecule has 10 heteroatoms. The first kappa shape index (κ1) is 30.3. The number of fused-ring (bicyclic) bond motifs is 4. The van der Waals surface area contributed by atoms with Gasteiger partial charge in [0.2, 0.25) is 0 Å². The van der Waals surface area contributed by atoms with E-state index in [1.165, 1.54) is 44.9 Å². The Bertz CT molecular complexity index is 1930. The van der Waals surface area contributed by atoms with Gasteiger partial charge in [-0.1, -0.05) is 18.9 Å². The minimum atomic E-state index is -0.706. The zero-order valence-corrected chi connectivity index (χ0v) is 27.0. The van der Waals surface area contributed by atoms with E-state index >= 15 is 4.39 Å². The quantitative estimate of drug-likeness (QED) is 0.210. The fourth-order valence-electron chi connectivity index (χ4n) is 8.30. The molecule has 2 spiro atoms. The topological polar surface area (TPSA) is 89.6 Å². The molecule has 2 aliphatic carbocycles. The lowest BCUT2D eigenvalue weighted by Gasteiger charge is -2.24. The van der Waals surface area contributed by atoms with Crippen LogP contribution < -0.4 is 15.4 Å². The number of hydrogen-bond acceptors (Lipinski definition) is 8. The van der Waals surface area contributed by atoms with Crippen LogP contribution in [-0.4, -0.2) is 72.4 Å². The Labute approximate surface area is 273 Å². The third kappa shape index (κ3) is 5.24. The molecular weight excluding hydrogens is 598 g/mol. The molecule has 4 aromatic rings. The second-order valence-corrected chi connectivity index (χ2v) is 14.4.